The number of hydrogen-bond acceptors (Lipinski definition) is 3. The van der Waals surface area contributed by atoms with E-state index in [1.807, 2.05) is 24.3 Å². The van der Waals surface area contributed by atoms with E-state index in [0.717, 1.165) is 11.3 Å². The van der Waals surface area contributed by atoms with E-state index in [4.69, 9.17) is 9.47 Å². The predicted octanol–water partition coefficient (Wildman–Crippen LogP) is 3.42. The Morgan fingerprint density at radius 1 is 1.19 bits per heavy atom. The zero-order valence-corrected chi connectivity index (χ0v) is 13.0. The summed E-state index contributed by atoms with van der Waals surface area (Å²) in [7, 11) is 1.67. The van der Waals surface area contributed by atoms with Crippen LogP contribution in [0.1, 0.15) is 25.3 Å². The maximum absolute atomic E-state index is 9.29. The molecule has 1 fully saturated rings. The van der Waals surface area contributed by atoms with Crippen LogP contribution in [0.4, 0.5) is 0 Å². The number of aliphatic hydroxyl groups is 1. The summed E-state index contributed by atoms with van der Waals surface area (Å²) in [6, 6.07) is 7.92. The number of methoxy groups -OCH3 is 1. The summed E-state index contributed by atoms with van der Waals surface area (Å²) in [5.41, 5.74) is 1.15. The second-order valence-electron chi connectivity index (χ2n) is 5.67. The fourth-order valence-electron chi connectivity index (χ4n) is 2.94. The quantitative estimate of drug-likeness (QED) is 0.559. The van der Waals surface area contributed by atoms with Gasteiger partial charge in [-0.15, -0.1) is 0 Å². The molecule has 0 saturated heterocycles. The summed E-state index contributed by atoms with van der Waals surface area (Å²) < 4.78 is 10.8. The van der Waals surface area contributed by atoms with Crippen LogP contribution in [-0.4, -0.2) is 25.4 Å². The molecule has 1 saturated carbocycles. The highest BCUT2D eigenvalue weighted by Gasteiger charge is 2.46. The van der Waals surface area contributed by atoms with E-state index in [1.54, 1.807) is 7.11 Å². The summed E-state index contributed by atoms with van der Waals surface area (Å²) in [5.74, 6) is 2.57. The van der Waals surface area contributed by atoms with Crippen molar-refractivity contribution in [3.05, 3.63) is 42.0 Å². The molecule has 1 N–H and O–H groups in total. The van der Waals surface area contributed by atoms with E-state index in [9.17, 15) is 5.11 Å². The van der Waals surface area contributed by atoms with Gasteiger partial charge in [-0.1, -0.05) is 37.6 Å². The molecule has 1 aliphatic carbocycles. The Labute approximate surface area is 127 Å². The molecule has 21 heavy (non-hydrogen) atoms. The van der Waals surface area contributed by atoms with Crippen LogP contribution < -0.4 is 4.74 Å². The molecule has 3 heteroatoms. The Bertz CT molecular complexity index is 438. The minimum absolute atomic E-state index is 0.312. The zero-order valence-electron chi connectivity index (χ0n) is 13.0. The third-order valence-corrected chi connectivity index (χ3v) is 4.23. The topological polar surface area (TPSA) is 38.7 Å². The minimum atomic E-state index is 0.312. The molecule has 0 amide bonds. The third-order valence-electron chi connectivity index (χ3n) is 4.23. The molecule has 0 spiro atoms. The third kappa shape index (κ3) is 4.58. The lowest BCUT2D eigenvalue weighted by Gasteiger charge is -2.03. The van der Waals surface area contributed by atoms with Crippen LogP contribution in [-0.2, 0) is 11.3 Å². The average Bonchev–Trinajstić information content (AvgIpc) is 3.19. The molecule has 0 aliphatic heterocycles. The van der Waals surface area contributed by atoms with Crippen LogP contribution in [0.25, 0.3) is 0 Å². The molecule has 1 aromatic rings. The minimum Gasteiger partial charge on any atom is -0.497 e. The van der Waals surface area contributed by atoms with Gasteiger partial charge in [0.25, 0.3) is 0 Å². The van der Waals surface area contributed by atoms with Gasteiger partial charge in [0.2, 0.25) is 0 Å². The Morgan fingerprint density at radius 3 is 2.57 bits per heavy atom. The lowest BCUT2D eigenvalue weighted by atomic mass is 10.2. The molecular weight excluding hydrogens is 264 g/mol. The van der Waals surface area contributed by atoms with Crippen molar-refractivity contribution in [3.63, 3.8) is 0 Å². The van der Waals surface area contributed by atoms with Crippen molar-refractivity contribution >= 4 is 0 Å². The molecule has 3 atom stereocenters. The summed E-state index contributed by atoms with van der Waals surface area (Å²) in [5, 5.41) is 9.29. The number of rotatable bonds is 9. The zero-order chi connectivity index (χ0) is 15.1. The fourth-order valence-corrected chi connectivity index (χ4v) is 2.94. The van der Waals surface area contributed by atoms with Gasteiger partial charge in [0, 0.05) is 6.61 Å². The van der Waals surface area contributed by atoms with Crippen LogP contribution in [0, 0.1) is 17.8 Å². The maximum atomic E-state index is 9.29. The Balaban J connectivity index is 1.66. The molecule has 2 rings (SSSR count). The lowest BCUT2D eigenvalue weighted by molar-refractivity contribution is 0.148. The standard InChI is InChI=1S/C18H26O3/c1-3-5-16-17(18(16)12-19)6-4-11-21-13-14-7-9-15(20-2)10-8-14/h4,6-10,16-19H,3,5,11-13H2,1-2H3/b6-4+/t16-,17+,18-/m1/s1. The first kappa shape index (κ1) is 16.1. The molecule has 116 valence electrons. The van der Waals surface area contributed by atoms with Gasteiger partial charge in [-0.2, -0.15) is 0 Å². The Morgan fingerprint density at radius 2 is 1.95 bits per heavy atom. The van der Waals surface area contributed by atoms with Crippen LogP contribution in [0.2, 0.25) is 0 Å². The highest BCUT2D eigenvalue weighted by molar-refractivity contribution is 5.26. The molecule has 0 heterocycles. The van der Waals surface area contributed by atoms with Gasteiger partial charge in [0.05, 0.1) is 20.3 Å². The van der Waals surface area contributed by atoms with Gasteiger partial charge in [0.1, 0.15) is 5.75 Å². The normalized spacial score (nSPS) is 24.4. The van der Waals surface area contributed by atoms with Crippen molar-refractivity contribution in [3.8, 4) is 5.75 Å². The second kappa shape index (κ2) is 8.20. The Kier molecular flexibility index (Phi) is 6.27. The van der Waals surface area contributed by atoms with Gasteiger partial charge in [0.15, 0.2) is 0 Å². The number of aliphatic hydroxyl groups excluding tert-OH is 1. The maximum Gasteiger partial charge on any atom is 0.118 e. The predicted molar refractivity (Wildman–Crippen MR) is 84.3 cm³/mol. The molecule has 0 aromatic heterocycles. The van der Waals surface area contributed by atoms with E-state index < -0.39 is 0 Å². The monoisotopic (exact) mass is 290 g/mol. The van der Waals surface area contributed by atoms with Crippen LogP contribution >= 0.6 is 0 Å². The second-order valence-corrected chi connectivity index (χ2v) is 5.67. The number of benzene rings is 1. The van der Waals surface area contributed by atoms with Crippen molar-refractivity contribution in [2.45, 2.75) is 26.4 Å². The molecule has 1 aromatic carbocycles. The summed E-state index contributed by atoms with van der Waals surface area (Å²) in [6.45, 7) is 3.75. The van der Waals surface area contributed by atoms with E-state index in [-0.39, 0.29) is 0 Å². The van der Waals surface area contributed by atoms with Crippen LogP contribution in [0.3, 0.4) is 0 Å². The SMILES string of the molecule is CCC[C@@H]1[C@H](/C=C/COCc2ccc(OC)cc2)[C@@H]1CO. The van der Waals surface area contributed by atoms with Gasteiger partial charge >= 0.3 is 0 Å². The summed E-state index contributed by atoms with van der Waals surface area (Å²) >= 11 is 0. The van der Waals surface area contributed by atoms with Crippen molar-refractivity contribution in [2.24, 2.45) is 17.8 Å². The summed E-state index contributed by atoms with van der Waals surface area (Å²) in [6.07, 6.45) is 6.72. The van der Waals surface area contributed by atoms with Crippen molar-refractivity contribution in [1.29, 1.82) is 0 Å². The van der Waals surface area contributed by atoms with Gasteiger partial charge in [-0.25, -0.2) is 0 Å². The van der Waals surface area contributed by atoms with Crippen molar-refractivity contribution in [2.75, 3.05) is 20.3 Å². The first-order valence-electron chi connectivity index (χ1n) is 7.78. The van der Waals surface area contributed by atoms with E-state index in [1.165, 1.54) is 12.8 Å². The van der Waals surface area contributed by atoms with Crippen molar-refractivity contribution in [1.82, 2.24) is 0 Å². The molecule has 0 radical (unpaired) electrons. The highest BCUT2D eigenvalue weighted by Crippen LogP contribution is 2.49. The van der Waals surface area contributed by atoms with Gasteiger partial charge < -0.3 is 14.6 Å². The number of allylic oxidation sites excluding steroid dienone is 1. The molecule has 0 bridgehead atoms. The molecular formula is C18H26O3. The smallest absolute Gasteiger partial charge is 0.118 e. The van der Waals surface area contributed by atoms with Crippen molar-refractivity contribution < 1.29 is 14.6 Å². The van der Waals surface area contributed by atoms with Gasteiger partial charge in [-0.05, 0) is 41.9 Å². The first-order valence-corrected chi connectivity index (χ1v) is 7.78. The van der Waals surface area contributed by atoms with Crippen LogP contribution in [0.15, 0.2) is 36.4 Å². The lowest BCUT2D eigenvalue weighted by Crippen LogP contribution is -1.93. The van der Waals surface area contributed by atoms with E-state index >= 15 is 0 Å². The van der Waals surface area contributed by atoms with Crippen LogP contribution in [0.5, 0.6) is 5.75 Å². The number of ether oxygens (including phenoxy) is 2. The largest absolute Gasteiger partial charge is 0.497 e. The van der Waals surface area contributed by atoms with Gasteiger partial charge in [-0.3, -0.25) is 0 Å². The average molecular weight is 290 g/mol. The molecule has 1 aliphatic rings. The molecule has 0 unspecified atom stereocenters. The number of hydrogen-bond donors (Lipinski definition) is 1. The Hall–Kier alpha value is -1.32. The fraction of sp³-hybridized carbons (Fsp3) is 0.556. The van der Waals surface area contributed by atoms with E-state index in [2.05, 4.69) is 19.1 Å². The highest BCUT2D eigenvalue weighted by atomic mass is 16.5. The first-order chi connectivity index (χ1) is 10.3. The van der Waals surface area contributed by atoms with E-state index in [0.29, 0.717) is 37.6 Å². The molecule has 3 nitrogen and oxygen atoms in total. The summed E-state index contributed by atoms with van der Waals surface area (Å²) in [4.78, 5) is 0.